The SMILES string of the molecule is CC(C)(CO)CNc1ccc2ncoc2c1. The molecule has 0 atom stereocenters. The zero-order valence-electron chi connectivity index (χ0n) is 9.53. The van der Waals surface area contributed by atoms with Gasteiger partial charge in [0.25, 0.3) is 0 Å². The van der Waals surface area contributed by atoms with Crippen molar-refractivity contribution < 1.29 is 9.52 Å². The molecule has 0 saturated carbocycles. The van der Waals surface area contributed by atoms with E-state index < -0.39 is 0 Å². The van der Waals surface area contributed by atoms with Gasteiger partial charge in [0.05, 0.1) is 0 Å². The van der Waals surface area contributed by atoms with Gasteiger partial charge < -0.3 is 14.8 Å². The third kappa shape index (κ3) is 2.33. The molecule has 1 aromatic carbocycles. The van der Waals surface area contributed by atoms with Crippen LogP contribution in [0.15, 0.2) is 29.0 Å². The van der Waals surface area contributed by atoms with Crippen LogP contribution in [0.5, 0.6) is 0 Å². The number of nitrogens with one attached hydrogen (secondary N) is 1. The van der Waals surface area contributed by atoms with E-state index >= 15 is 0 Å². The molecule has 0 bridgehead atoms. The zero-order chi connectivity index (χ0) is 11.6. The van der Waals surface area contributed by atoms with Gasteiger partial charge in [-0.25, -0.2) is 4.98 Å². The van der Waals surface area contributed by atoms with Crippen LogP contribution in [0, 0.1) is 5.41 Å². The van der Waals surface area contributed by atoms with Crippen molar-refractivity contribution in [2.24, 2.45) is 5.41 Å². The van der Waals surface area contributed by atoms with Crippen LogP contribution in [0.2, 0.25) is 0 Å². The smallest absolute Gasteiger partial charge is 0.181 e. The van der Waals surface area contributed by atoms with Gasteiger partial charge in [-0.05, 0) is 12.1 Å². The Bertz CT molecular complexity index is 477. The van der Waals surface area contributed by atoms with Crippen molar-refractivity contribution in [1.82, 2.24) is 4.98 Å². The number of oxazole rings is 1. The maximum Gasteiger partial charge on any atom is 0.181 e. The number of aliphatic hydroxyl groups is 1. The first kappa shape index (κ1) is 11.0. The minimum atomic E-state index is -0.129. The fourth-order valence-electron chi connectivity index (χ4n) is 1.36. The molecular weight excluding hydrogens is 204 g/mol. The monoisotopic (exact) mass is 220 g/mol. The Balaban J connectivity index is 2.09. The van der Waals surface area contributed by atoms with Crippen molar-refractivity contribution in [3.8, 4) is 0 Å². The Labute approximate surface area is 94.3 Å². The molecule has 1 aromatic heterocycles. The van der Waals surface area contributed by atoms with Gasteiger partial charge >= 0.3 is 0 Å². The number of fused-ring (bicyclic) bond motifs is 1. The summed E-state index contributed by atoms with van der Waals surface area (Å²) in [7, 11) is 0. The first-order valence-electron chi connectivity index (χ1n) is 5.29. The van der Waals surface area contributed by atoms with Crippen LogP contribution in [-0.4, -0.2) is 23.2 Å². The number of hydrogen-bond acceptors (Lipinski definition) is 4. The molecule has 86 valence electrons. The van der Waals surface area contributed by atoms with Gasteiger partial charge in [0.2, 0.25) is 0 Å². The largest absolute Gasteiger partial charge is 0.443 e. The van der Waals surface area contributed by atoms with Gasteiger partial charge in [-0.3, -0.25) is 0 Å². The van der Waals surface area contributed by atoms with Crippen LogP contribution in [0.25, 0.3) is 11.1 Å². The van der Waals surface area contributed by atoms with Gasteiger partial charge in [0, 0.05) is 30.3 Å². The van der Waals surface area contributed by atoms with E-state index in [0.29, 0.717) is 6.54 Å². The number of nitrogens with zero attached hydrogens (tertiary/aromatic N) is 1. The molecule has 0 saturated heterocycles. The molecule has 0 spiro atoms. The lowest BCUT2D eigenvalue weighted by Gasteiger charge is -2.22. The van der Waals surface area contributed by atoms with E-state index in [0.717, 1.165) is 16.8 Å². The van der Waals surface area contributed by atoms with Gasteiger partial charge in [-0.15, -0.1) is 0 Å². The average molecular weight is 220 g/mol. The van der Waals surface area contributed by atoms with Crippen molar-refractivity contribution in [2.45, 2.75) is 13.8 Å². The zero-order valence-corrected chi connectivity index (χ0v) is 9.53. The maximum absolute atomic E-state index is 9.14. The highest BCUT2D eigenvalue weighted by Crippen LogP contribution is 2.20. The van der Waals surface area contributed by atoms with Crippen molar-refractivity contribution in [2.75, 3.05) is 18.5 Å². The Morgan fingerprint density at radius 1 is 1.44 bits per heavy atom. The van der Waals surface area contributed by atoms with E-state index in [1.165, 1.54) is 6.39 Å². The average Bonchev–Trinajstić information content (AvgIpc) is 2.73. The van der Waals surface area contributed by atoms with Crippen molar-refractivity contribution in [1.29, 1.82) is 0 Å². The van der Waals surface area contributed by atoms with Gasteiger partial charge in [0.1, 0.15) is 5.52 Å². The number of benzene rings is 1. The van der Waals surface area contributed by atoms with Crippen molar-refractivity contribution in [3.05, 3.63) is 24.6 Å². The lowest BCUT2D eigenvalue weighted by atomic mass is 9.95. The Morgan fingerprint density at radius 2 is 2.25 bits per heavy atom. The molecule has 0 radical (unpaired) electrons. The molecule has 2 N–H and O–H groups in total. The number of aliphatic hydroxyl groups excluding tert-OH is 1. The predicted octanol–water partition coefficient (Wildman–Crippen LogP) is 2.26. The quantitative estimate of drug-likeness (QED) is 0.829. The second-order valence-corrected chi connectivity index (χ2v) is 4.71. The Morgan fingerprint density at radius 3 is 3.00 bits per heavy atom. The van der Waals surface area contributed by atoms with Gasteiger partial charge in [-0.2, -0.15) is 0 Å². The summed E-state index contributed by atoms with van der Waals surface area (Å²) in [6, 6.07) is 5.78. The highest BCUT2D eigenvalue weighted by atomic mass is 16.3. The minimum absolute atomic E-state index is 0.129. The second-order valence-electron chi connectivity index (χ2n) is 4.71. The Kier molecular flexibility index (Phi) is 2.83. The highest BCUT2D eigenvalue weighted by Gasteiger charge is 2.15. The summed E-state index contributed by atoms with van der Waals surface area (Å²) >= 11 is 0. The summed E-state index contributed by atoms with van der Waals surface area (Å²) in [6.07, 6.45) is 1.44. The minimum Gasteiger partial charge on any atom is -0.443 e. The lowest BCUT2D eigenvalue weighted by molar-refractivity contribution is 0.171. The summed E-state index contributed by atoms with van der Waals surface area (Å²) in [5, 5.41) is 12.4. The first-order chi connectivity index (χ1) is 7.61. The number of anilines is 1. The molecule has 16 heavy (non-hydrogen) atoms. The molecule has 2 aromatic rings. The molecule has 0 fully saturated rings. The van der Waals surface area contributed by atoms with E-state index in [4.69, 9.17) is 9.52 Å². The summed E-state index contributed by atoms with van der Waals surface area (Å²) in [5.41, 5.74) is 2.47. The predicted molar refractivity (Wildman–Crippen MR) is 63.4 cm³/mol. The summed E-state index contributed by atoms with van der Waals surface area (Å²) < 4.78 is 5.22. The number of hydrogen-bond donors (Lipinski definition) is 2. The standard InChI is InChI=1S/C12H16N2O2/c1-12(2,7-15)6-13-9-3-4-10-11(5-9)16-8-14-10/h3-5,8,13,15H,6-7H2,1-2H3. The normalized spacial score (nSPS) is 11.9. The van der Waals surface area contributed by atoms with Crippen LogP contribution in [-0.2, 0) is 0 Å². The number of rotatable bonds is 4. The molecule has 4 nitrogen and oxygen atoms in total. The third-order valence-corrected chi connectivity index (χ3v) is 2.53. The summed E-state index contributed by atoms with van der Waals surface area (Å²) in [5.74, 6) is 0. The second kappa shape index (κ2) is 4.14. The molecule has 1 heterocycles. The van der Waals surface area contributed by atoms with Crippen LogP contribution < -0.4 is 5.32 Å². The molecule has 2 rings (SSSR count). The van der Waals surface area contributed by atoms with E-state index in [-0.39, 0.29) is 12.0 Å². The highest BCUT2D eigenvalue weighted by molar-refractivity contribution is 5.76. The molecule has 0 unspecified atom stereocenters. The fraction of sp³-hybridized carbons (Fsp3) is 0.417. The van der Waals surface area contributed by atoms with Crippen LogP contribution in [0.4, 0.5) is 5.69 Å². The van der Waals surface area contributed by atoms with Crippen molar-refractivity contribution in [3.63, 3.8) is 0 Å². The van der Waals surface area contributed by atoms with E-state index in [9.17, 15) is 0 Å². The van der Waals surface area contributed by atoms with E-state index in [2.05, 4.69) is 10.3 Å². The maximum atomic E-state index is 9.14. The lowest BCUT2D eigenvalue weighted by Crippen LogP contribution is -2.26. The molecule has 0 aliphatic heterocycles. The summed E-state index contributed by atoms with van der Waals surface area (Å²) in [6.45, 7) is 4.88. The fourth-order valence-corrected chi connectivity index (χ4v) is 1.36. The third-order valence-electron chi connectivity index (χ3n) is 2.53. The Hall–Kier alpha value is -1.55. The van der Waals surface area contributed by atoms with Gasteiger partial charge in [-0.1, -0.05) is 13.8 Å². The topological polar surface area (TPSA) is 58.3 Å². The van der Waals surface area contributed by atoms with Crippen LogP contribution in [0.1, 0.15) is 13.8 Å². The van der Waals surface area contributed by atoms with Crippen LogP contribution >= 0.6 is 0 Å². The summed E-state index contributed by atoms with van der Waals surface area (Å²) in [4.78, 5) is 4.05. The van der Waals surface area contributed by atoms with E-state index in [1.807, 2.05) is 32.0 Å². The molecule has 0 aliphatic carbocycles. The van der Waals surface area contributed by atoms with Crippen LogP contribution in [0.3, 0.4) is 0 Å². The number of aromatic nitrogens is 1. The first-order valence-corrected chi connectivity index (χ1v) is 5.29. The van der Waals surface area contributed by atoms with E-state index in [1.54, 1.807) is 0 Å². The molecule has 0 amide bonds. The van der Waals surface area contributed by atoms with Crippen molar-refractivity contribution >= 4 is 16.8 Å². The molecule has 4 heteroatoms. The van der Waals surface area contributed by atoms with Gasteiger partial charge in [0.15, 0.2) is 12.0 Å². The molecule has 0 aliphatic rings. The molecular formula is C12H16N2O2.